The molecule has 2 N–H and O–H groups in total. The molecule has 0 unspecified atom stereocenters. The lowest BCUT2D eigenvalue weighted by molar-refractivity contribution is 0.135. The molecule has 0 aliphatic rings. The minimum absolute atomic E-state index is 0.302. The first-order valence-electron chi connectivity index (χ1n) is 6.46. The number of aromatic nitrogens is 1. The van der Waals surface area contributed by atoms with Gasteiger partial charge in [0.1, 0.15) is 0 Å². The van der Waals surface area contributed by atoms with Crippen LogP contribution in [-0.2, 0) is 21.3 Å². The zero-order valence-corrected chi connectivity index (χ0v) is 12.6. The molecule has 0 aliphatic heterocycles. The molecule has 0 bridgehead atoms. The number of rotatable bonds is 9. The third-order valence-electron chi connectivity index (χ3n) is 2.76. The molecule has 0 fully saturated rings. The first kappa shape index (κ1) is 16.2. The number of likely N-dealkylation sites (N-methyl/N-ethyl adjacent to an activating group) is 1. The Balaban J connectivity index is 2.80. The molecule has 7 heteroatoms. The van der Waals surface area contributed by atoms with Gasteiger partial charge in [-0.2, -0.15) is 4.31 Å². The van der Waals surface area contributed by atoms with Crippen molar-refractivity contribution in [3.05, 3.63) is 18.0 Å². The van der Waals surface area contributed by atoms with Crippen LogP contribution in [0.4, 0.5) is 0 Å². The van der Waals surface area contributed by atoms with Crippen LogP contribution in [0.1, 0.15) is 19.5 Å². The monoisotopic (exact) mass is 289 g/mol. The number of nitrogens with one attached hydrogen (secondary N) is 2. The zero-order valence-electron chi connectivity index (χ0n) is 11.8. The zero-order chi connectivity index (χ0) is 14.3. The standard InChI is InChI=1S/C12H23N3O3S/c1-4-15(6-7-18-5-2)19(16,17)12-8-11(9-13-3)14-10-12/h8,10,13-14H,4-7,9H2,1-3H3. The summed E-state index contributed by atoms with van der Waals surface area (Å²) in [5.41, 5.74) is 0.849. The van der Waals surface area contributed by atoms with E-state index < -0.39 is 10.0 Å². The second-order valence-corrected chi connectivity index (χ2v) is 6.02. The highest BCUT2D eigenvalue weighted by molar-refractivity contribution is 7.89. The van der Waals surface area contributed by atoms with E-state index in [1.54, 1.807) is 6.07 Å². The number of nitrogens with zero attached hydrogens (tertiary/aromatic N) is 1. The van der Waals surface area contributed by atoms with Crippen LogP contribution in [0.2, 0.25) is 0 Å². The van der Waals surface area contributed by atoms with E-state index in [9.17, 15) is 8.42 Å². The molecule has 0 spiro atoms. The molecule has 110 valence electrons. The quantitative estimate of drug-likeness (QED) is 0.659. The van der Waals surface area contributed by atoms with E-state index in [1.165, 1.54) is 10.5 Å². The highest BCUT2D eigenvalue weighted by Crippen LogP contribution is 2.16. The van der Waals surface area contributed by atoms with Crippen LogP contribution >= 0.6 is 0 Å². The van der Waals surface area contributed by atoms with Crippen LogP contribution in [0.15, 0.2) is 17.2 Å². The minimum Gasteiger partial charge on any atom is -0.380 e. The maximum Gasteiger partial charge on any atom is 0.244 e. The predicted molar refractivity (Wildman–Crippen MR) is 74.5 cm³/mol. The molecule has 1 aromatic rings. The minimum atomic E-state index is -3.43. The number of sulfonamides is 1. The highest BCUT2D eigenvalue weighted by Gasteiger charge is 2.23. The molecule has 0 aromatic carbocycles. The highest BCUT2D eigenvalue weighted by atomic mass is 32.2. The van der Waals surface area contributed by atoms with Crippen molar-refractivity contribution in [3.63, 3.8) is 0 Å². The van der Waals surface area contributed by atoms with Gasteiger partial charge in [-0.1, -0.05) is 6.92 Å². The summed E-state index contributed by atoms with van der Waals surface area (Å²) in [6.45, 7) is 6.14. The van der Waals surface area contributed by atoms with Crippen LogP contribution in [0.5, 0.6) is 0 Å². The van der Waals surface area contributed by atoms with Gasteiger partial charge < -0.3 is 15.0 Å². The Hall–Kier alpha value is -0.890. The molecule has 1 heterocycles. The van der Waals surface area contributed by atoms with Crippen molar-refractivity contribution in [1.29, 1.82) is 0 Å². The van der Waals surface area contributed by atoms with E-state index >= 15 is 0 Å². The average Bonchev–Trinajstić information content (AvgIpc) is 2.84. The summed E-state index contributed by atoms with van der Waals surface area (Å²) in [5.74, 6) is 0. The fraction of sp³-hybridized carbons (Fsp3) is 0.667. The maximum absolute atomic E-state index is 12.4. The van der Waals surface area contributed by atoms with Crippen molar-refractivity contribution < 1.29 is 13.2 Å². The van der Waals surface area contributed by atoms with Gasteiger partial charge in [0.05, 0.1) is 11.5 Å². The Morgan fingerprint density at radius 3 is 2.74 bits per heavy atom. The summed E-state index contributed by atoms with van der Waals surface area (Å²) in [6.07, 6.45) is 1.53. The molecular formula is C12H23N3O3S. The summed E-state index contributed by atoms with van der Waals surface area (Å²) in [6, 6.07) is 1.66. The van der Waals surface area contributed by atoms with Gasteiger partial charge in [-0.15, -0.1) is 0 Å². The third-order valence-corrected chi connectivity index (χ3v) is 4.72. The van der Waals surface area contributed by atoms with Gasteiger partial charge in [0.2, 0.25) is 10.0 Å². The van der Waals surface area contributed by atoms with Crippen LogP contribution in [0.3, 0.4) is 0 Å². The van der Waals surface area contributed by atoms with E-state index in [-0.39, 0.29) is 0 Å². The van der Waals surface area contributed by atoms with Crippen LogP contribution < -0.4 is 5.32 Å². The Labute approximate surface area is 115 Å². The molecule has 0 atom stereocenters. The molecule has 0 radical (unpaired) electrons. The molecule has 0 saturated carbocycles. The van der Waals surface area contributed by atoms with E-state index in [1.807, 2.05) is 20.9 Å². The molecule has 0 aliphatic carbocycles. The summed E-state index contributed by atoms with van der Waals surface area (Å²) in [7, 11) is -1.62. The molecule has 0 amide bonds. The summed E-state index contributed by atoms with van der Waals surface area (Å²) < 4.78 is 31.5. The van der Waals surface area contributed by atoms with E-state index in [4.69, 9.17) is 4.74 Å². The van der Waals surface area contributed by atoms with Crippen LogP contribution in [-0.4, -0.2) is 51.1 Å². The first-order valence-corrected chi connectivity index (χ1v) is 7.90. The summed E-state index contributed by atoms with van der Waals surface area (Å²) in [5, 5.41) is 2.97. The van der Waals surface area contributed by atoms with Crippen LogP contribution in [0.25, 0.3) is 0 Å². The topological polar surface area (TPSA) is 74.4 Å². The van der Waals surface area contributed by atoms with Crippen molar-refractivity contribution in [3.8, 4) is 0 Å². The molecule has 6 nitrogen and oxygen atoms in total. The van der Waals surface area contributed by atoms with Gasteiger partial charge in [-0.3, -0.25) is 0 Å². The first-order chi connectivity index (χ1) is 9.06. The predicted octanol–water partition coefficient (Wildman–Crippen LogP) is 0.781. The second kappa shape index (κ2) is 7.64. The average molecular weight is 289 g/mol. The number of aromatic amines is 1. The second-order valence-electron chi connectivity index (χ2n) is 4.08. The molecule has 19 heavy (non-hydrogen) atoms. The Morgan fingerprint density at radius 1 is 1.42 bits per heavy atom. The van der Waals surface area contributed by atoms with E-state index in [0.29, 0.717) is 37.7 Å². The summed E-state index contributed by atoms with van der Waals surface area (Å²) >= 11 is 0. The Kier molecular flexibility index (Phi) is 6.50. The van der Waals surface area contributed by atoms with Crippen molar-refractivity contribution in [1.82, 2.24) is 14.6 Å². The number of H-pyrrole nitrogens is 1. The van der Waals surface area contributed by atoms with Crippen LogP contribution in [0, 0.1) is 0 Å². The smallest absolute Gasteiger partial charge is 0.244 e. The lowest BCUT2D eigenvalue weighted by Gasteiger charge is -2.19. The number of ether oxygens (including phenoxy) is 1. The lowest BCUT2D eigenvalue weighted by atomic mass is 10.4. The van der Waals surface area contributed by atoms with Gasteiger partial charge in [0.25, 0.3) is 0 Å². The maximum atomic E-state index is 12.4. The van der Waals surface area contributed by atoms with E-state index in [2.05, 4.69) is 10.3 Å². The van der Waals surface area contributed by atoms with Gasteiger partial charge in [0, 0.05) is 38.1 Å². The third kappa shape index (κ3) is 4.31. The van der Waals surface area contributed by atoms with Crippen molar-refractivity contribution in [2.45, 2.75) is 25.3 Å². The Morgan fingerprint density at radius 2 is 2.16 bits per heavy atom. The summed E-state index contributed by atoms with van der Waals surface area (Å²) in [4.78, 5) is 3.26. The number of hydrogen-bond donors (Lipinski definition) is 2. The molecule has 1 rings (SSSR count). The van der Waals surface area contributed by atoms with Gasteiger partial charge in [-0.05, 0) is 20.0 Å². The van der Waals surface area contributed by atoms with Gasteiger partial charge in [0.15, 0.2) is 0 Å². The largest absolute Gasteiger partial charge is 0.380 e. The SMILES string of the molecule is CCOCCN(CC)S(=O)(=O)c1c[nH]c(CNC)c1. The van der Waals surface area contributed by atoms with E-state index in [0.717, 1.165) is 5.69 Å². The molecular weight excluding hydrogens is 266 g/mol. The normalized spacial score (nSPS) is 12.2. The van der Waals surface area contributed by atoms with Gasteiger partial charge in [-0.25, -0.2) is 8.42 Å². The van der Waals surface area contributed by atoms with Crippen molar-refractivity contribution in [2.24, 2.45) is 0 Å². The fourth-order valence-corrected chi connectivity index (χ4v) is 3.22. The number of hydrogen-bond acceptors (Lipinski definition) is 4. The van der Waals surface area contributed by atoms with Crippen molar-refractivity contribution >= 4 is 10.0 Å². The molecule has 1 aromatic heterocycles. The molecule has 0 saturated heterocycles. The van der Waals surface area contributed by atoms with Gasteiger partial charge >= 0.3 is 0 Å². The lowest BCUT2D eigenvalue weighted by Crippen LogP contribution is -2.33. The van der Waals surface area contributed by atoms with Crippen molar-refractivity contribution in [2.75, 3.05) is 33.4 Å². The fourth-order valence-electron chi connectivity index (χ4n) is 1.77. The Bertz CT molecular complexity index is 470.